The number of benzene rings is 2. The topological polar surface area (TPSA) is 159 Å². The second-order valence-corrected chi connectivity index (χ2v) is 11.5. The number of methoxy groups -OCH3 is 1. The highest BCUT2D eigenvalue weighted by Crippen LogP contribution is 2.49. The Kier molecular flexibility index (Phi) is 9.87. The average Bonchev–Trinajstić information content (AvgIpc) is 3.84. The van der Waals surface area contributed by atoms with Crippen LogP contribution in [0.5, 0.6) is 11.5 Å². The Bertz CT molecular complexity index is 1690. The molecule has 0 bridgehead atoms. The molecule has 2 aromatic heterocycles. The first-order valence-corrected chi connectivity index (χ1v) is 15.3. The standard InChI is InChI=1S/C30H33N3O9S/c1-38-12-13-39-14-15-40-16-17-41-23-8-9-24-25(19-23)42-29(35)27(28(24)34)26(20-6-7-20)21-4-2-5-22(18-21)33-43(36,37)30-31-10-3-11-32-30/h2-5,8-11,18-20,26,33-34H,6-7,12-17H2,1H3. The van der Waals surface area contributed by atoms with Crippen molar-refractivity contribution in [3.05, 3.63) is 82.5 Å². The Morgan fingerprint density at radius 3 is 2.42 bits per heavy atom. The third kappa shape index (κ3) is 7.68. The van der Waals surface area contributed by atoms with Crippen LogP contribution in [0.3, 0.4) is 0 Å². The minimum Gasteiger partial charge on any atom is -0.507 e. The van der Waals surface area contributed by atoms with Crippen LogP contribution in [0, 0.1) is 5.92 Å². The number of rotatable bonds is 16. The zero-order valence-corrected chi connectivity index (χ0v) is 24.4. The van der Waals surface area contributed by atoms with Crippen molar-refractivity contribution in [2.24, 2.45) is 5.92 Å². The van der Waals surface area contributed by atoms with E-state index in [2.05, 4.69) is 14.7 Å². The van der Waals surface area contributed by atoms with Gasteiger partial charge in [-0.15, -0.1) is 0 Å². The molecular formula is C30H33N3O9S. The van der Waals surface area contributed by atoms with Crippen molar-refractivity contribution in [1.29, 1.82) is 0 Å². The molecule has 1 saturated carbocycles. The second kappa shape index (κ2) is 14.0. The maximum atomic E-state index is 13.3. The van der Waals surface area contributed by atoms with E-state index in [-0.39, 0.29) is 40.3 Å². The van der Waals surface area contributed by atoms with Gasteiger partial charge >= 0.3 is 5.63 Å². The van der Waals surface area contributed by atoms with Crippen LogP contribution in [-0.2, 0) is 24.2 Å². The van der Waals surface area contributed by atoms with E-state index in [9.17, 15) is 18.3 Å². The summed E-state index contributed by atoms with van der Waals surface area (Å²) in [6.45, 7) is 2.54. The molecule has 1 fully saturated rings. The lowest BCUT2D eigenvalue weighted by molar-refractivity contribution is 0.0180. The maximum Gasteiger partial charge on any atom is 0.343 e. The summed E-state index contributed by atoms with van der Waals surface area (Å²) in [5, 5.41) is 11.3. The first kappa shape index (κ1) is 30.4. The molecule has 12 nitrogen and oxygen atoms in total. The minimum atomic E-state index is -4.02. The predicted octanol–water partition coefficient (Wildman–Crippen LogP) is 3.69. The third-order valence-corrected chi connectivity index (χ3v) is 8.07. The largest absolute Gasteiger partial charge is 0.507 e. The van der Waals surface area contributed by atoms with E-state index in [1.54, 1.807) is 49.6 Å². The minimum absolute atomic E-state index is 0.0866. The van der Waals surface area contributed by atoms with E-state index >= 15 is 0 Å². The molecule has 1 unspecified atom stereocenters. The molecule has 228 valence electrons. The van der Waals surface area contributed by atoms with Crippen LogP contribution < -0.4 is 15.1 Å². The van der Waals surface area contributed by atoms with Gasteiger partial charge in [0.05, 0.1) is 44.0 Å². The highest BCUT2D eigenvalue weighted by molar-refractivity contribution is 7.92. The van der Waals surface area contributed by atoms with Crippen LogP contribution in [0.2, 0.25) is 0 Å². The van der Waals surface area contributed by atoms with Gasteiger partial charge in [-0.05, 0) is 54.7 Å². The van der Waals surface area contributed by atoms with Gasteiger partial charge in [-0.2, -0.15) is 8.42 Å². The molecule has 2 N–H and O–H groups in total. The zero-order valence-electron chi connectivity index (χ0n) is 23.6. The predicted molar refractivity (Wildman–Crippen MR) is 157 cm³/mol. The lowest BCUT2D eigenvalue weighted by Gasteiger charge is -2.19. The number of fused-ring (bicyclic) bond motifs is 1. The van der Waals surface area contributed by atoms with E-state index in [4.69, 9.17) is 23.4 Å². The van der Waals surface area contributed by atoms with Crippen LogP contribution >= 0.6 is 0 Å². The molecule has 43 heavy (non-hydrogen) atoms. The van der Waals surface area contributed by atoms with Crippen molar-refractivity contribution in [3.8, 4) is 11.5 Å². The molecular weight excluding hydrogens is 578 g/mol. The van der Waals surface area contributed by atoms with Crippen molar-refractivity contribution in [1.82, 2.24) is 9.97 Å². The number of sulfonamides is 1. The third-order valence-electron chi connectivity index (χ3n) is 6.87. The van der Waals surface area contributed by atoms with Crippen LogP contribution in [0.4, 0.5) is 5.69 Å². The van der Waals surface area contributed by atoms with Gasteiger partial charge < -0.3 is 28.5 Å². The molecule has 4 aromatic rings. The summed E-state index contributed by atoms with van der Waals surface area (Å²) >= 11 is 0. The number of anilines is 1. The normalized spacial score (nSPS) is 14.1. The fourth-order valence-corrected chi connectivity index (χ4v) is 5.68. The molecule has 5 rings (SSSR count). The molecule has 1 aliphatic carbocycles. The van der Waals surface area contributed by atoms with E-state index in [0.29, 0.717) is 49.7 Å². The van der Waals surface area contributed by atoms with Crippen LogP contribution in [-0.4, -0.2) is 70.2 Å². The van der Waals surface area contributed by atoms with E-state index < -0.39 is 21.6 Å². The summed E-state index contributed by atoms with van der Waals surface area (Å²) in [6.07, 6.45) is 4.39. The second-order valence-electron chi connectivity index (χ2n) is 9.95. The van der Waals surface area contributed by atoms with Gasteiger partial charge in [0.2, 0.25) is 0 Å². The number of hydrogen-bond acceptors (Lipinski definition) is 11. The first-order valence-electron chi connectivity index (χ1n) is 13.8. The smallest absolute Gasteiger partial charge is 0.343 e. The first-order chi connectivity index (χ1) is 20.9. The lowest BCUT2D eigenvalue weighted by atomic mass is 9.86. The van der Waals surface area contributed by atoms with Gasteiger partial charge in [0.1, 0.15) is 23.7 Å². The van der Waals surface area contributed by atoms with Crippen molar-refractivity contribution in [3.63, 3.8) is 0 Å². The van der Waals surface area contributed by atoms with Crippen molar-refractivity contribution in [2.75, 3.05) is 51.5 Å². The van der Waals surface area contributed by atoms with Crippen LogP contribution in [0.25, 0.3) is 11.0 Å². The number of ether oxygens (including phenoxy) is 4. The molecule has 2 aromatic carbocycles. The van der Waals surface area contributed by atoms with Crippen molar-refractivity contribution in [2.45, 2.75) is 23.9 Å². The van der Waals surface area contributed by atoms with Gasteiger partial charge in [-0.25, -0.2) is 14.8 Å². The molecule has 0 amide bonds. The fraction of sp³-hybridized carbons (Fsp3) is 0.367. The summed E-state index contributed by atoms with van der Waals surface area (Å²) in [6, 6.07) is 13.1. The molecule has 1 atom stereocenters. The van der Waals surface area contributed by atoms with Crippen LogP contribution in [0.1, 0.15) is 29.9 Å². The van der Waals surface area contributed by atoms with Gasteiger partial charge in [0, 0.05) is 37.2 Å². The zero-order chi connectivity index (χ0) is 30.2. The summed E-state index contributed by atoms with van der Waals surface area (Å²) in [7, 11) is -2.41. The maximum absolute atomic E-state index is 13.3. The molecule has 13 heteroatoms. The lowest BCUT2D eigenvalue weighted by Crippen LogP contribution is -2.18. The fourth-order valence-electron chi connectivity index (χ4n) is 4.75. The Hall–Kier alpha value is -4.04. The Labute approximate surface area is 248 Å². The highest BCUT2D eigenvalue weighted by Gasteiger charge is 2.38. The molecule has 0 saturated heterocycles. The number of aromatic hydroxyl groups is 1. The number of aromatic nitrogens is 2. The molecule has 0 spiro atoms. The quantitative estimate of drug-likeness (QED) is 0.108. The Balaban J connectivity index is 1.31. The summed E-state index contributed by atoms with van der Waals surface area (Å²) in [5.74, 6) is -0.118. The van der Waals surface area contributed by atoms with Gasteiger partial charge in [0.15, 0.2) is 0 Å². The Morgan fingerprint density at radius 2 is 1.70 bits per heavy atom. The van der Waals surface area contributed by atoms with Gasteiger partial charge in [0.25, 0.3) is 15.2 Å². The van der Waals surface area contributed by atoms with Gasteiger partial charge in [-0.1, -0.05) is 12.1 Å². The van der Waals surface area contributed by atoms with E-state index in [1.807, 2.05) is 0 Å². The molecule has 0 radical (unpaired) electrons. The van der Waals surface area contributed by atoms with E-state index in [0.717, 1.165) is 12.8 Å². The van der Waals surface area contributed by atoms with Crippen molar-refractivity contribution < 1.29 is 36.9 Å². The number of nitrogens with zero attached hydrogens (tertiary/aromatic N) is 2. The monoisotopic (exact) mass is 611 g/mol. The average molecular weight is 612 g/mol. The molecule has 0 aliphatic heterocycles. The SMILES string of the molecule is COCCOCCOCCOc1ccc2c(O)c(C(c3cccc(NS(=O)(=O)c4ncccn4)c3)C3CC3)c(=O)oc2c1. The van der Waals surface area contributed by atoms with Crippen LogP contribution in [0.15, 0.2) is 75.3 Å². The highest BCUT2D eigenvalue weighted by atomic mass is 32.2. The van der Waals surface area contributed by atoms with Crippen molar-refractivity contribution >= 4 is 26.7 Å². The number of hydrogen-bond donors (Lipinski definition) is 2. The summed E-state index contributed by atoms with van der Waals surface area (Å²) in [5.41, 5.74) is 0.609. The molecule has 2 heterocycles. The number of nitrogens with one attached hydrogen (secondary N) is 1. The summed E-state index contributed by atoms with van der Waals surface area (Å²) < 4.78 is 55.2. The van der Waals surface area contributed by atoms with Gasteiger partial charge in [-0.3, -0.25) is 4.72 Å². The summed E-state index contributed by atoms with van der Waals surface area (Å²) in [4.78, 5) is 20.9. The van der Waals surface area contributed by atoms with E-state index in [1.165, 1.54) is 18.5 Å². The molecule has 1 aliphatic rings. The Morgan fingerprint density at radius 1 is 0.977 bits per heavy atom.